The number of hydrogen-bond acceptors (Lipinski definition) is 4. The molecule has 0 amide bonds. The molecule has 0 spiro atoms. The van der Waals surface area contributed by atoms with Crippen molar-refractivity contribution in [3.05, 3.63) is 29.0 Å². The van der Waals surface area contributed by atoms with Gasteiger partial charge < -0.3 is 4.74 Å². The maximum atomic E-state index is 12.9. The monoisotopic (exact) mass is 337 g/mol. The van der Waals surface area contributed by atoms with Gasteiger partial charge in [-0.2, -0.15) is 4.72 Å². The highest BCUT2D eigenvalue weighted by atomic mass is 35.5. The number of rotatable bonds is 4. The largest absolute Gasteiger partial charge is 0.459 e. The van der Waals surface area contributed by atoms with Crippen molar-refractivity contribution in [2.24, 2.45) is 0 Å². The predicted octanol–water partition coefficient (Wildman–Crippen LogP) is 2.49. The lowest BCUT2D eigenvalue weighted by molar-refractivity contribution is -0.156. The number of carbonyl (C=O) groups excluding carboxylic acids is 1. The summed E-state index contributed by atoms with van der Waals surface area (Å²) in [5, 5.41) is -0.265. The summed E-state index contributed by atoms with van der Waals surface area (Å²) in [5.74, 6) is -1.37. The molecule has 21 heavy (non-hydrogen) atoms. The third-order valence-corrected chi connectivity index (χ3v) is 4.30. The highest BCUT2D eigenvalue weighted by Crippen LogP contribution is 2.22. The first-order valence-electron chi connectivity index (χ1n) is 6.12. The van der Waals surface area contributed by atoms with E-state index in [1.54, 1.807) is 20.8 Å². The molecule has 0 radical (unpaired) electrons. The van der Waals surface area contributed by atoms with Crippen LogP contribution in [0.2, 0.25) is 5.02 Å². The Morgan fingerprint density at radius 2 is 1.95 bits per heavy atom. The number of halogens is 2. The van der Waals surface area contributed by atoms with E-state index in [9.17, 15) is 17.6 Å². The van der Waals surface area contributed by atoms with Gasteiger partial charge in [-0.15, -0.1) is 0 Å². The zero-order valence-corrected chi connectivity index (χ0v) is 13.7. The van der Waals surface area contributed by atoms with Gasteiger partial charge in [0.05, 0.1) is 5.02 Å². The number of benzene rings is 1. The van der Waals surface area contributed by atoms with E-state index in [0.717, 1.165) is 18.2 Å². The van der Waals surface area contributed by atoms with Gasteiger partial charge in [0.1, 0.15) is 22.4 Å². The molecule has 0 aliphatic carbocycles. The SMILES string of the molecule is C[C@@H](NS(=O)(=O)c1ccc(F)cc1Cl)C(=O)OC(C)(C)C. The summed E-state index contributed by atoms with van der Waals surface area (Å²) in [4.78, 5) is 11.5. The number of esters is 1. The molecular weight excluding hydrogens is 321 g/mol. The van der Waals surface area contributed by atoms with Gasteiger partial charge in [0.25, 0.3) is 0 Å². The molecule has 0 saturated heterocycles. The maximum Gasteiger partial charge on any atom is 0.324 e. The van der Waals surface area contributed by atoms with E-state index in [1.165, 1.54) is 6.92 Å². The third-order valence-electron chi connectivity index (χ3n) is 2.28. The average Bonchev–Trinajstić information content (AvgIpc) is 2.24. The summed E-state index contributed by atoms with van der Waals surface area (Å²) in [6.45, 7) is 6.36. The van der Waals surface area contributed by atoms with Crippen molar-refractivity contribution in [1.82, 2.24) is 4.72 Å². The van der Waals surface area contributed by atoms with Gasteiger partial charge >= 0.3 is 5.97 Å². The lowest BCUT2D eigenvalue weighted by atomic mass is 10.2. The normalized spacial score (nSPS) is 13.8. The highest BCUT2D eigenvalue weighted by Gasteiger charge is 2.27. The smallest absolute Gasteiger partial charge is 0.324 e. The molecule has 0 unspecified atom stereocenters. The molecule has 8 heteroatoms. The van der Waals surface area contributed by atoms with E-state index < -0.39 is 33.5 Å². The molecule has 118 valence electrons. The second-order valence-electron chi connectivity index (χ2n) is 5.45. The Morgan fingerprint density at radius 3 is 2.43 bits per heavy atom. The van der Waals surface area contributed by atoms with Gasteiger partial charge in [0.15, 0.2) is 0 Å². The Bertz CT molecular complexity index is 640. The molecule has 0 bridgehead atoms. The Hall–Kier alpha value is -1.18. The van der Waals surface area contributed by atoms with E-state index >= 15 is 0 Å². The molecule has 0 aliphatic rings. The topological polar surface area (TPSA) is 72.5 Å². The Balaban J connectivity index is 2.92. The van der Waals surface area contributed by atoms with Gasteiger partial charge in [0, 0.05) is 0 Å². The second kappa shape index (κ2) is 6.29. The van der Waals surface area contributed by atoms with Crippen molar-refractivity contribution in [1.29, 1.82) is 0 Å². The molecule has 1 atom stereocenters. The number of hydrogen-bond donors (Lipinski definition) is 1. The van der Waals surface area contributed by atoms with Crippen LogP contribution in [0, 0.1) is 5.82 Å². The number of nitrogens with one attached hydrogen (secondary N) is 1. The van der Waals surface area contributed by atoms with Crippen LogP contribution in [0.25, 0.3) is 0 Å². The van der Waals surface area contributed by atoms with Crippen molar-refractivity contribution in [3.63, 3.8) is 0 Å². The molecule has 1 N–H and O–H groups in total. The Kier molecular flexibility index (Phi) is 5.35. The van der Waals surface area contributed by atoms with Crippen molar-refractivity contribution in [3.8, 4) is 0 Å². The van der Waals surface area contributed by atoms with Crippen molar-refractivity contribution in [2.75, 3.05) is 0 Å². The van der Waals surface area contributed by atoms with Crippen molar-refractivity contribution in [2.45, 2.75) is 44.2 Å². The van der Waals surface area contributed by atoms with E-state index in [0.29, 0.717) is 0 Å². The first kappa shape index (κ1) is 17.9. The fourth-order valence-corrected chi connectivity index (χ4v) is 3.15. The van der Waals surface area contributed by atoms with Crippen LogP contribution < -0.4 is 4.72 Å². The molecule has 1 aromatic carbocycles. The summed E-state index contributed by atoms with van der Waals surface area (Å²) < 4.78 is 44.4. The summed E-state index contributed by atoms with van der Waals surface area (Å²) in [7, 11) is -4.06. The fourth-order valence-electron chi connectivity index (χ4n) is 1.43. The van der Waals surface area contributed by atoms with Crippen LogP contribution in [0.15, 0.2) is 23.1 Å². The van der Waals surface area contributed by atoms with Gasteiger partial charge in [-0.3, -0.25) is 4.79 Å². The molecule has 1 aromatic rings. The quantitative estimate of drug-likeness (QED) is 0.857. The molecule has 5 nitrogen and oxygen atoms in total. The molecule has 0 heterocycles. The van der Waals surface area contributed by atoms with E-state index in [-0.39, 0.29) is 9.92 Å². The molecule has 0 aliphatic heterocycles. The van der Waals surface area contributed by atoms with Gasteiger partial charge in [-0.25, -0.2) is 12.8 Å². The van der Waals surface area contributed by atoms with Crippen LogP contribution in [0.1, 0.15) is 27.7 Å². The second-order valence-corrected chi connectivity index (χ2v) is 7.54. The van der Waals surface area contributed by atoms with Crippen LogP contribution >= 0.6 is 11.6 Å². The van der Waals surface area contributed by atoms with Crippen LogP contribution in [0.4, 0.5) is 4.39 Å². The molecule has 1 rings (SSSR count). The van der Waals surface area contributed by atoms with Gasteiger partial charge in [-0.05, 0) is 45.9 Å². The Labute approximate surface area is 128 Å². The standard InChI is InChI=1S/C13H17ClFNO4S/c1-8(12(17)20-13(2,3)4)16-21(18,19)11-6-5-9(15)7-10(11)14/h5-8,16H,1-4H3/t8-/m1/s1. The fraction of sp³-hybridized carbons (Fsp3) is 0.462. The summed E-state index contributed by atoms with van der Waals surface area (Å²) in [6.07, 6.45) is 0. The highest BCUT2D eigenvalue weighted by molar-refractivity contribution is 7.89. The number of sulfonamides is 1. The summed E-state index contributed by atoms with van der Waals surface area (Å²) in [5.41, 5.74) is -0.732. The minimum Gasteiger partial charge on any atom is -0.459 e. The van der Waals surface area contributed by atoms with Gasteiger partial charge in [-0.1, -0.05) is 11.6 Å². The lowest BCUT2D eigenvalue weighted by Crippen LogP contribution is -2.42. The van der Waals surface area contributed by atoms with Crippen molar-refractivity contribution < 1.29 is 22.3 Å². The zero-order valence-electron chi connectivity index (χ0n) is 12.1. The first-order valence-corrected chi connectivity index (χ1v) is 7.99. The maximum absolute atomic E-state index is 12.9. The average molecular weight is 338 g/mol. The molecule has 0 aromatic heterocycles. The number of carbonyl (C=O) groups is 1. The first-order chi connectivity index (χ1) is 9.42. The predicted molar refractivity (Wildman–Crippen MR) is 77.0 cm³/mol. The van der Waals surface area contributed by atoms with E-state index in [1.807, 2.05) is 0 Å². The van der Waals surface area contributed by atoms with Crippen LogP contribution in [-0.4, -0.2) is 26.0 Å². The molecule has 0 saturated carbocycles. The summed E-state index contributed by atoms with van der Waals surface area (Å²) in [6, 6.07) is 1.78. The molecule has 0 fully saturated rings. The lowest BCUT2D eigenvalue weighted by Gasteiger charge is -2.22. The van der Waals surface area contributed by atoms with E-state index in [2.05, 4.69) is 4.72 Å². The van der Waals surface area contributed by atoms with E-state index in [4.69, 9.17) is 16.3 Å². The minimum atomic E-state index is -4.06. The Morgan fingerprint density at radius 1 is 1.38 bits per heavy atom. The third kappa shape index (κ3) is 5.26. The van der Waals surface area contributed by atoms with Gasteiger partial charge in [0.2, 0.25) is 10.0 Å². The van der Waals surface area contributed by atoms with Crippen LogP contribution in [-0.2, 0) is 19.6 Å². The molecular formula is C13H17ClFNO4S. The zero-order chi connectivity index (χ0) is 16.4. The summed E-state index contributed by atoms with van der Waals surface area (Å²) >= 11 is 5.71. The van der Waals surface area contributed by atoms with Crippen LogP contribution in [0.5, 0.6) is 0 Å². The van der Waals surface area contributed by atoms with Crippen molar-refractivity contribution >= 4 is 27.6 Å². The number of ether oxygens (including phenoxy) is 1. The minimum absolute atomic E-state index is 0.265. The van der Waals surface area contributed by atoms with Crippen LogP contribution in [0.3, 0.4) is 0 Å².